The average molecular weight is 531 g/mol. The normalized spacial score (nSPS) is 14.1. The summed E-state index contributed by atoms with van der Waals surface area (Å²) in [6, 6.07) is 0.835. The van der Waals surface area contributed by atoms with Crippen LogP contribution in [0.4, 0.5) is 0 Å². The number of hydrogen-bond acceptors (Lipinski definition) is 9. The van der Waals surface area contributed by atoms with Crippen LogP contribution < -0.4 is 21.7 Å². The molecule has 4 unspecified atom stereocenters. The fourth-order valence-electron chi connectivity index (χ4n) is 2.87. The van der Waals surface area contributed by atoms with Crippen molar-refractivity contribution in [2.45, 2.75) is 43.4 Å². The third-order valence-electron chi connectivity index (χ3n) is 4.78. The molecule has 0 heterocycles. The Bertz CT molecular complexity index is 900. The molecule has 0 radical (unpaired) electrons. The molecule has 0 fully saturated rings. The lowest BCUT2D eigenvalue weighted by molar-refractivity contribution is -0.141. The van der Waals surface area contributed by atoms with E-state index in [1.165, 1.54) is 36.0 Å². The zero-order valence-electron chi connectivity index (χ0n) is 19.0. The van der Waals surface area contributed by atoms with Gasteiger partial charge in [0.05, 0.1) is 12.5 Å². The first-order chi connectivity index (χ1) is 16.5. The van der Waals surface area contributed by atoms with Gasteiger partial charge in [0.2, 0.25) is 17.7 Å². The second-order valence-corrected chi connectivity index (χ2v) is 8.91. The number of carboxylic acids is 2. The smallest absolute Gasteiger partial charge is 0.327 e. The molecule has 1 aromatic rings. The molecule has 0 aliphatic rings. The second-order valence-electron chi connectivity index (χ2n) is 7.56. The first-order valence-corrected chi connectivity index (χ1v) is 12.5. The summed E-state index contributed by atoms with van der Waals surface area (Å²) in [5, 5.41) is 34.8. The van der Waals surface area contributed by atoms with Gasteiger partial charge in [-0.3, -0.25) is 19.2 Å². The van der Waals surface area contributed by atoms with Crippen LogP contribution in [0, 0.1) is 0 Å². The number of thioether (sulfide) groups is 1. The molecule has 4 atom stereocenters. The molecular weight excluding hydrogens is 500 g/mol. The number of thiol groups is 1. The van der Waals surface area contributed by atoms with Crippen LogP contribution in [0.5, 0.6) is 5.75 Å². The zero-order valence-corrected chi connectivity index (χ0v) is 20.7. The number of nitrogens with two attached hydrogens (primary N) is 1. The minimum Gasteiger partial charge on any atom is -0.508 e. The highest BCUT2D eigenvalue weighted by Crippen LogP contribution is 2.12. The number of benzene rings is 1. The number of aliphatic carboxylic acids is 2. The van der Waals surface area contributed by atoms with Gasteiger partial charge in [-0.2, -0.15) is 24.4 Å². The molecule has 1 rings (SSSR count). The van der Waals surface area contributed by atoms with Crippen LogP contribution in [-0.4, -0.2) is 86.9 Å². The molecule has 0 spiro atoms. The van der Waals surface area contributed by atoms with E-state index in [1.54, 1.807) is 6.26 Å². The van der Waals surface area contributed by atoms with E-state index < -0.39 is 60.2 Å². The third-order valence-corrected chi connectivity index (χ3v) is 5.79. The molecule has 0 aliphatic carbocycles. The molecule has 0 saturated heterocycles. The Morgan fingerprint density at radius 2 is 1.49 bits per heavy atom. The van der Waals surface area contributed by atoms with Gasteiger partial charge in [-0.15, -0.1) is 0 Å². The maximum Gasteiger partial charge on any atom is 0.327 e. The second kappa shape index (κ2) is 15.1. The highest BCUT2D eigenvalue weighted by atomic mass is 32.2. The zero-order chi connectivity index (χ0) is 26.5. The first kappa shape index (κ1) is 30.1. The van der Waals surface area contributed by atoms with E-state index in [4.69, 9.17) is 10.8 Å². The quantitative estimate of drug-likeness (QED) is 0.129. The molecule has 0 aromatic heterocycles. The maximum absolute atomic E-state index is 13.0. The van der Waals surface area contributed by atoms with E-state index in [-0.39, 0.29) is 24.3 Å². The number of carboxylic acid groups (broad SMARTS) is 2. The fraction of sp³-hybridized carbons (Fsp3) is 0.476. The standard InChI is InChI=1S/C21H30N4O8S2/c1-35-7-6-14(23-18(29)13(22)9-17(27)28)19(30)24-15(8-11-2-4-12(26)5-3-11)20(31)25-16(10-34)21(32)33/h2-5,13-16,26,34H,6-10,22H2,1H3,(H,23,29)(H,24,30)(H,25,31)(H,27,28)(H,32,33). The van der Waals surface area contributed by atoms with Crippen LogP contribution in [0.1, 0.15) is 18.4 Å². The van der Waals surface area contributed by atoms with Gasteiger partial charge in [0, 0.05) is 12.2 Å². The topological polar surface area (TPSA) is 208 Å². The summed E-state index contributed by atoms with van der Waals surface area (Å²) in [4.78, 5) is 60.3. The Labute approximate surface area is 211 Å². The summed E-state index contributed by atoms with van der Waals surface area (Å²) >= 11 is 5.32. The highest BCUT2D eigenvalue weighted by molar-refractivity contribution is 7.98. The molecule has 35 heavy (non-hydrogen) atoms. The summed E-state index contributed by atoms with van der Waals surface area (Å²) in [7, 11) is 0. The van der Waals surface area contributed by atoms with Crippen molar-refractivity contribution in [1.82, 2.24) is 16.0 Å². The highest BCUT2D eigenvalue weighted by Gasteiger charge is 2.30. The van der Waals surface area contributed by atoms with Crippen molar-refractivity contribution >= 4 is 54.1 Å². The molecule has 14 heteroatoms. The van der Waals surface area contributed by atoms with Crippen molar-refractivity contribution in [1.29, 1.82) is 0 Å². The van der Waals surface area contributed by atoms with E-state index in [9.17, 15) is 34.2 Å². The van der Waals surface area contributed by atoms with Gasteiger partial charge in [-0.1, -0.05) is 12.1 Å². The largest absolute Gasteiger partial charge is 0.508 e. The minimum atomic E-state index is -1.38. The van der Waals surface area contributed by atoms with E-state index in [0.717, 1.165) is 0 Å². The summed E-state index contributed by atoms with van der Waals surface area (Å²) in [5.74, 6) is -4.67. The number of carbonyl (C=O) groups excluding carboxylic acids is 3. The third kappa shape index (κ3) is 10.9. The Kier molecular flexibility index (Phi) is 13.0. The molecule has 0 saturated carbocycles. The van der Waals surface area contributed by atoms with Gasteiger partial charge in [0.15, 0.2) is 0 Å². The van der Waals surface area contributed by atoms with Crippen LogP contribution in [0.2, 0.25) is 0 Å². The minimum absolute atomic E-state index is 0.00246. The lowest BCUT2D eigenvalue weighted by Gasteiger charge is -2.25. The molecule has 8 N–H and O–H groups in total. The monoisotopic (exact) mass is 530 g/mol. The van der Waals surface area contributed by atoms with Crippen molar-refractivity contribution in [2.24, 2.45) is 5.73 Å². The summed E-state index contributed by atoms with van der Waals surface area (Å²) in [5.41, 5.74) is 6.14. The van der Waals surface area contributed by atoms with Crippen molar-refractivity contribution in [3.63, 3.8) is 0 Å². The number of nitrogens with one attached hydrogen (secondary N) is 3. The van der Waals surface area contributed by atoms with Crippen LogP contribution in [0.15, 0.2) is 24.3 Å². The Morgan fingerprint density at radius 1 is 0.943 bits per heavy atom. The number of phenols is 1. The van der Waals surface area contributed by atoms with Gasteiger partial charge >= 0.3 is 11.9 Å². The number of phenolic OH excluding ortho intramolecular Hbond substituents is 1. The number of hydrogen-bond donors (Lipinski definition) is 8. The molecule has 1 aromatic carbocycles. The average Bonchev–Trinajstić information content (AvgIpc) is 2.79. The van der Waals surface area contributed by atoms with E-state index in [2.05, 4.69) is 28.6 Å². The predicted octanol–water partition coefficient (Wildman–Crippen LogP) is -1.04. The van der Waals surface area contributed by atoms with Crippen LogP contribution >= 0.6 is 24.4 Å². The van der Waals surface area contributed by atoms with Gasteiger partial charge < -0.3 is 37.0 Å². The molecule has 12 nitrogen and oxygen atoms in total. The van der Waals surface area contributed by atoms with Gasteiger partial charge in [0.1, 0.15) is 23.9 Å². The van der Waals surface area contributed by atoms with Crippen molar-refractivity contribution in [2.75, 3.05) is 17.8 Å². The van der Waals surface area contributed by atoms with E-state index in [0.29, 0.717) is 11.3 Å². The molecule has 194 valence electrons. The number of rotatable bonds is 15. The van der Waals surface area contributed by atoms with Crippen LogP contribution in [-0.2, 0) is 30.4 Å². The number of carbonyl (C=O) groups is 5. The summed E-state index contributed by atoms with van der Waals surface area (Å²) in [6.07, 6.45) is 1.28. The van der Waals surface area contributed by atoms with Gasteiger partial charge in [-0.25, -0.2) is 4.79 Å². The number of aromatic hydroxyl groups is 1. The predicted molar refractivity (Wildman–Crippen MR) is 132 cm³/mol. The molecule has 3 amide bonds. The maximum atomic E-state index is 13.0. The van der Waals surface area contributed by atoms with Crippen molar-refractivity contribution in [3.05, 3.63) is 29.8 Å². The van der Waals surface area contributed by atoms with Gasteiger partial charge in [0.25, 0.3) is 0 Å². The first-order valence-electron chi connectivity index (χ1n) is 10.5. The lowest BCUT2D eigenvalue weighted by Crippen LogP contribution is -2.58. The van der Waals surface area contributed by atoms with Crippen molar-refractivity contribution in [3.8, 4) is 5.75 Å². The van der Waals surface area contributed by atoms with Crippen LogP contribution in [0.25, 0.3) is 0 Å². The van der Waals surface area contributed by atoms with E-state index in [1.807, 2.05) is 0 Å². The Balaban J connectivity index is 3.09. The summed E-state index contributed by atoms with van der Waals surface area (Å²) < 4.78 is 0. The van der Waals surface area contributed by atoms with Crippen LogP contribution in [0.3, 0.4) is 0 Å². The Hall–Kier alpha value is -2.97. The molecule has 0 bridgehead atoms. The Morgan fingerprint density at radius 3 is 2.00 bits per heavy atom. The fourth-order valence-corrected chi connectivity index (χ4v) is 3.59. The van der Waals surface area contributed by atoms with E-state index >= 15 is 0 Å². The SMILES string of the molecule is CSCCC(NC(=O)C(N)CC(=O)O)C(=O)NC(Cc1ccc(O)cc1)C(=O)NC(CS)C(=O)O. The molecule has 0 aliphatic heterocycles. The van der Waals surface area contributed by atoms with Gasteiger partial charge in [-0.05, 0) is 36.1 Å². The van der Waals surface area contributed by atoms with Crippen molar-refractivity contribution < 1.29 is 39.3 Å². The molecular formula is C21H30N4O8S2. The summed E-state index contributed by atoms with van der Waals surface area (Å²) in [6.45, 7) is 0. The number of amides is 3. The lowest BCUT2D eigenvalue weighted by atomic mass is 10.0.